The van der Waals surface area contributed by atoms with E-state index in [2.05, 4.69) is 26.1 Å². The lowest BCUT2D eigenvalue weighted by Gasteiger charge is -2.06. The number of rotatable bonds is 6. The van der Waals surface area contributed by atoms with Gasteiger partial charge in [-0.05, 0) is 18.2 Å². The normalized spacial score (nSPS) is 10.7. The van der Waals surface area contributed by atoms with Crippen LogP contribution in [0.25, 0.3) is 11.4 Å². The minimum atomic E-state index is -0.725. The first-order chi connectivity index (χ1) is 12.9. The summed E-state index contributed by atoms with van der Waals surface area (Å²) < 4.78 is 2.15. The molecule has 11 heteroatoms. The van der Waals surface area contributed by atoms with Gasteiger partial charge in [0.2, 0.25) is 11.1 Å². The molecule has 0 unspecified atom stereocenters. The summed E-state index contributed by atoms with van der Waals surface area (Å²) in [4.78, 5) is 22.0. The highest BCUT2D eigenvalue weighted by Crippen LogP contribution is 2.31. The van der Waals surface area contributed by atoms with Crippen LogP contribution in [0.5, 0.6) is 0 Å². The van der Waals surface area contributed by atoms with Crippen molar-refractivity contribution < 1.29 is 9.72 Å². The third-order valence-electron chi connectivity index (χ3n) is 3.70. The molecule has 0 fully saturated rings. The molecular formula is C16H13BrN6O3S. The number of aromatic nitrogens is 3. The minimum Gasteiger partial charge on any atom is -0.366 e. The van der Waals surface area contributed by atoms with Gasteiger partial charge in [-0.3, -0.25) is 14.9 Å². The van der Waals surface area contributed by atoms with Crippen LogP contribution in [0.4, 0.5) is 5.69 Å². The zero-order chi connectivity index (χ0) is 19.6. The van der Waals surface area contributed by atoms with Crippen molar-refractivity contribution in [2.24, 2.45) is 5.73 Å². The molecule has 1 heterocycles. The molecule has 0 bridgehead atoms. The predicted molar refractivity (Wildman–Crippen MR) is 104 cm³/mol. The van der Waals surface area contributed by atoms with Crippen molar-refractivity contribution >= 4 is 39.3 Å². The molecule has 0 saturated carbocycles. The van der Waals surface area contributed by atoms with Gasteiger partial charge in [-0.1, -0.05) is 45.9 Å². The zero-order valence-electron chi connectivity index (χ0n) is 13.7. The average Bonchev–Trinajstić information content (AvgIpc) is 3.00. The molecule has 0 aliphatic heterocycles. The number of hydrogen-bond donors (Lipinski definition) is 2. The lowest BCUT2D eigenvalue weighted by molar-refractivity contribution is -0.385. The van der Waals surface area contributed by atoms with Crippen LogP contribution in [0.15, 0.2) is 52.1 Å². The number of primary amides is 1. The first-order valence-electron chi connectivity index (χ1n) is 7.53. The Balaban J connectivity index is 1.85. The van der Waals surface area contributed by atoms with E-state index in [0.29, 0.717) is 16.5 Å². The highest BCUT2D eigenvalue weighted by molar-refractivity contribution is 9.10. The molecule has 9 nitrogen and oxygen atoms in total. The molecule has 0 saturated heterocycles. The number of nitrogens with zero attached hydrogens (tertiary/aromatic N) is 4. The van der Waals surface area contributed by atoms with Crippen LogP contribution < -0.4 is 11.6 Å². The van der Waals surface area contributed by atoms with E-state index in [-0.39, 0.29) is 17.0 Å². The van der Waals surface area contributed by atoms with Gasteiger partial charge in [0.15, 0.2) is 5.82 Å². The summed E-state index contributed by atoms with van der Waals surface area (Å²) in [6, 6.07) is 11.5. The number of thioether (sulfide) groups is 1. The van der Waals surface area contributed by atoms with E-state index in [9.17, 15) is 14.9 Å². The molecule has 3 aromatic rings. The highest BCUT2D eigenvalue weighted by Gasteiger charge is 2.19. The van der Waals surface area contributed by atoms with Crippen molar-refractivity contribution in [3.05, 3.63) is 68.2 Å². The van der Waals surface area contributed by atoms with Crippen LogP contribution in [-0.4, -0.2) is 25.7 Å². The van der Waals surface area contributed by atoms with Gasteiger partial charge in [0.05, 0.1) is 4.92 Å². The third kappa shape index (κ3) is 3.93. The topological polar surface area (TPSA) is 143 Å². The van der Waals surface area contributed by atoms with Crippen molar-refractivity contribution in [2.45, 2.75) is 10.9 Å². The Kier molecular flexibility index (Phi) is 5.42. The lowest BCUT2D eigenvalue weighted by Crippen LogP contribution is -2.12. The minimum absolute atomic E-state index is 0.0775. The average molecular weight is 449 g/mol. The number of nitro benzene ring substituents is 1. The first-order valence-corrected chi connectivity index (χ1v) is 9.31. The van der Waals surface area contributed by atoms with Crippen molar-refractivity contribution in [3.8, 4) is 11.4 Å². The Labute approximate surface area is 166 Å². The smallest absolute Gasteiger partial charge is 0.274 e. The van der Waals surface area contributed by atoms with Crippen LogP contribution in [0, 0.1) is 10.1 Å². The SMILES string of the molecule is NC(=O)c1ccc(CSc2nnc(-c3ccccc3Br)n2N)c([N+](=O)[O-])c1. The number of carbonyl (C=O) groups is 1. The summed E-state index contributed by atoms with van der Waals surface area (Å²) in [6.07, 6.45) is 0. The molecule has 3 rings (SSSR count). The van der Waals surface area contributed by atoms with E-state index < -0.39 is 10.8 Å². The Morgan fingerprint density at radius 1 is 1.26 bits per heavy atom. The molecule has 1 amide bonds. The van der Waals surface area contributed by atoms with Crippen LogP contribution in [0.2, 0.25) is 0 Å². The summed E-state index contributed by atoms with van der Waals surface area (Å²) in [5.74, 6) is 6.04. The van der Waals surface area contributed by atoms with Gasteiger partial charge in [0, 0.05) is 33.0 Å². The maximum absolute atomic E-state index is 11.3. The van der Waals surface area contributed by atoms with Gasteiger partial charge < -0.3 is 11.6 Å². The number of benzene rings is 2. The van der Waals surface area contributed by atoms with E-state index >= 15 is 0 Å². The van der Waals surface area contributed by atoms with Gasteiger partial charge in [0.1, 0.15) is 0 Å². The summed E-state index contributed by atoms with van der Waals surface area (Å²) in [6.45, 7) is 0. The van der Waals surface area contributed by atoms with Crippen molar-refractivity contribution in [1.29, 1.82) is 0 Å². The highest BCUT2D eigenvalue weighted by atomic mass is 79.9. The fraction of sp³-hybridized carbons (Fsp3) is 0.0625. The van der Waals surface area contributed by atoms with Gasteiger partial charge in [-0.15, -0.1) is 10.2 Å². The number of carbonyl (C=O) groups excluding carboxylic acids is 1. The van der Waals surface area contributed by atoms with E-state index in [4.69, 9.17) is 11.6 Å². The van der Waals surface area contributed by atoms with Crippen LogP contribution in [-0.2, 0) is 5.75 Å². The number of amides is 1. The maximum atomic E-state index is 11.3. The van der Waals surface area contributed by atoms with Crippen molar-refractivity contribution in [1.82, 2.24) is 14.9 Å². The number of nitro groups is 1. The summed E-state index contributed by atoms with van der Waals surface area (Å²) in [7, 11) is 0. The molecule has 0 aliphatic carbocycles. The fourth-order valence-electron chi connectivity index (χ4n) is 2.35. The molecule has 0 atom stereocenters. The van der Waals surface area contributed by atoms with Crippen molar-refractivity contribution in [3.63, 3.8) is 0 Å². The van der Waals surface area contributed by atoms with E-state index in [1.165, 1.54) is 28.6 Å². The molecule has 2 aromatic carbocycles. The molecule has 4 N–H and O–H groups in total. The number of nitrogens with two attached hydrogens (primary N) is 2. The summed E-state index contributed by atoms with van der Waals surface area (Å²) in [5.41, 5.74) is 6.26. The Morgan fingerprint density at radius 2 is 2.00 bits per heavy atom. The van der Waals surface area contributed by atoms with Gasteiger partial charge in [0.25, 0.3) is 5.69 Å². The Morgan fingerprint density at radius 3 is 2.67 bits per heavy atom. The fourth-order valence-corrected chi connectivity index (χ4v) is 3.67. The first kappa shape index (κ1) is 18.9. The molecule has 138 valence electrons. The van der Waals surface area contributed by atoms with Gasteiger partial charge in [-0.25, -0.2) is 4.68 Å². The quantitative estimate of drug-likeness (QED) is 0.255. The second-order valence-corrected chi connectivity index (χ2v) is 7.21. The second-order valence-electron chi connectivity index (χ2n) is 5.41. The Bertz CT molecular complexity index is 1040. The van der Waals surface area contributed by atoms with Crippen LogP contribution >= 0.6 is 27.7 Å². The number of hydrogen-bond acceptors (Lipinski definition) is 7. The summed E-state index contributed by atoms with van der Waals surface area (Å²) in [5, 5.41) is 19.8. The molecular weight excluding hydrogens is 436 g/mol. The molecule has 0 aliphatic rings. The van der Waals surface area contributed by atoms with Crippen LogP contribution in [0.3, 0.4) is 0 Å². The van der Waals surface area contributed by atoms with E-state index in [1.807, 2.05) is 24.3 Å². The standard InChI is InChI=1S/C16H13BrN6O3S/c17-12-4-2-1-3-11(12)15-20-21-16(22(15)19)27-8-10-6-5-9(14(18)24)7-13(10)23(25)26/h1-7H,8,19H2,(H2,18,24). The van der Waals surface area contributed by atoms with E-state index in [0.717, 1.165) is 16.1 Å². The Hall–Kier alpha value is -2.92. The largest absolute Gasteiger partial charge is 0.366 e. The number of halogens is 1. The molecule has 1 aromatic heterocycles. The maximum Gasteiger partial charge on any atom is 0.274 e. The molecule has 0 spiro atoms. The number of nitrogen functional groups attached to an aromatic ring is 1. The van der Waals surface area contributed by atoms with Gasteiger partial charge in [-0.2, -0.15) is 0 Å². The third-order valence-corrected chi connectivity index (χ3v) is 5.39. The zero-order valence-corrected chi connectivity index (χ0v) is 16.1. The molecule has 0 radical (unpaired) electrons. The molecule has 27 heavy (non-hydrogen) atoms. The van der Waals surface area contributed by atoms with Crippen molar-refractivity contribution in [2.75, 3.05) is 5.84 Å². The summed E-state index contributed by atoms with van der Waals surface area (Å²) >= 11 is 4.64. The lowest BCUT2D eigenvalue weighted by atomic mass is 10.1. The monoisotopic (exact) mass is 448 g/mol. The van der Waals surface area contributed by atoms with Gasteiger partial charge >= 0.3 is 0 Å². The van der Waals surface area contributed by atoms with Crippen LogP contribution in [0.1, 0.15) is 15.9 Å². The second kappa shape index (κ2) is 7.76. The van der Waals surface area contributed by atoms with E-state index in [1.54, 1.807) is 0 Å². The predicted octanol–water partition coefficient (Wildman–Crippen LogP) is 2.72.